The normalized spacial score (nSPS) is 37.0. The molecule has 3 saturated carbocycles. The second kappa shape index (κ2) is 13.6. The van der Waals surface area contributed by atoms with E-state index < -0.39 is 112 Å². The van der Waals surface area contributed by atoms with E-state index in [1.54, 1.807) is 109 Å². The summed E-state index contributed by atoms with van der Waals surface area (Å²) in [5, 5.41) is 52.9. The third kappa shape index (κ3) is 6.09. The molecule has 1 amide bonds. The molecule has 14 nitrogen and oxygen atoms in total. The highest BCUT2D eigenvalue weighted by Gasteiger charge is 2.91. The first kappa shape index (κ1) is 40.8. The van der Waals surface area contributed by atoms with Crippen LogP contribution in [0.4, 0.5) is 4.79 Å². The number of carbonyl (C=O) groups excluding carboxylic acids is 4. The van der Waals surface area contributed by atoms with E-state index in [1.807, 2.05) is 0 Å². The predicted molar refractivity (Wildman–Crippen MR) is 201 cm³/mol. The molecule has 7 rings (SSSR count). The van der Waals surface area contributed by atoms with Gasteiger partial charge in [0.05, 0.1) is 24.1 Å². The standard InChI is InChI=1S/C43H53NO13/c1-22-26(54-36(49)31(46)30(24-15-11-9-12-16-24)44-37(50)57-38(3,4)5)20-42(51)34(55-35(48)25-17-13-10-14-18-25)32-40(8)27(19-28-41(32,21-53-28)56-23(2)45)43(40,52)33(47)29(22)39(42,6)7/h9-18,26-28,30-34,46-47,51-52H,19-21H2,1-8H3,(H,44,50)/t26-,27+,28+,30-,31+,32-,33+,34-,40+,41-,42+,43+/m0/s1. The molecular formula is C43H53NO13. The van der Waals surface area contributed by atoms with Gasteiger partial charge in [-0.15, -0.1) is 0 Å². The third-order valence-electron chi connectivity index (χ3n) is 13.6. The van der Waals surface area contributed by atoms with Gasteiger partial charge in [0.15, 0.2) is 11.7 Å². The monoisotopic (exact) mass is 791 g/mol. The largest absolute Gasteiger partial charge is 0.456 e. The first-order chi connectivity index (χ1) is 26.5. The van der Waals surface area contributed by atoms with E-state index in [-0.39, 0.29) is 24.2 Å². The summed E-state index contributed by atoms with van der Waals surface area (Å²) in [5.41, 5.74) is -8.15. The quantitative estimate of drug-likeness (QED) is 0.147. The fourth-order valence-corrected chi connectivity index (χ4v) is 10.7. The minimum Gasteiger partial charge on any atom is -0.456 e. The van der Waals surface area contributed by atoms with Gasteiger partial charge in [0.2, 0.25) is 0 Å². The summed E-state index contributed by atoms with van der Waals surface area (Å²) in [6.07, 6.45) is -8.36. The number of benzene rings is 2. The van der Waals surface area contributed by atoms with Crippen LogP contribution in [0, 0.1) is 22.7 Å². The zero-order chi connectivity index (χ0) is 41.7. The Morgan fingerprint density at radius 3 is 2.12 bits per heavy atom. The van der Waals surface area contributed by atoms with E-state index in [1.165, 1.54) is 6.92 Å². The van der Waals surface area contributed by atoms with Gasteiger partial charge in [-0.2, -0.15) is 0 Å². The molecule has 57 heavy (non-hydrogen) atoms. The molecular weight excluding hydrogens is 738 g/mol. The van der Waals surface area contributed by atoms with E-state index in [9.17, 15) is 39.6 Å². The lowest BCUT2D eigenvalue weighted by Gasteiger charge is -2.63. The highest BCUT2D eigenvalue weighted by Crippen LogP contribution is 2.80. The summed E-state index contributed by atoms with van der Waals surface area (Å²) in [6.45, 7) is 12.8. The third-order valence-corrected chi connectivity index (χ3v) is 13.6. The van der Waals surface area contributed by atoms with Crippen molar-refractivity contribution in [1.29, 1.82) is 0 Å². The first-order valence-electron chi connectivity index (χ1n) is 19.4. The summed E-state index contributed by atoms with van der Waals surface area (Å²) < 4.78 is 30.0. The number of aliphatic hydroxyl groups is 4. The number of carbonyl (C=O) groups is 4. The maximum absolute atomic E-state index is 14.1. The fourth-order valence-electron chi connectivity index (χ4n) is 10.7. The number of hydrogen-bond acceptors (Lipinski definition) is 13. The maximum atomic E-state index is 14.1. The van der Waals surface area contributed by atoms with E-state index in [0.717, 1.165) is 0 Å². The van der Waals surface area contributed by atoms with Crippen LogP contribution < -0.4 is 5.32 Å². The molecule has 1 aliphatic heterocycles. The van der Waals surface area contributed by atoms with Gasteiger partial charge in [0.1, 0.15) is 41.2 Å². The van der Waals surface area contributed by atoms with Gasteiger partial charge in [0, 0.05) is 30.1 Å². The topological polar surface area (TPSA) is 207 Å². The number of fused-ring (bicyclic) bond motifs is 5. The SMILES string of the molecule is CC(=O)O[C@@]12CO[C@@H]1C[C@@H]1[C@]3(C)[C@@H]2[C@H](OC(=O)c2ccccc2)[C@]2(O)C[C@H](OC(=O)[C@H](O)[C@@H](NC(=O)OC(C)(C)C)c4ccccc4)C(C)=C([C@@H](O)[C@]13O)C2(C)C. The molecule has 308 valence electrons. The van der Waals surface area contributed by atoms with E-state index in [0.29, 0.717) is 11.1 Å². The molecule has 1 saturated heterocycles. The summed E-state index contributed by atoms with van der Waals surface area (Å²) in [4.78, 5) is 54.0. The number of ether oxygens (including phenoxy) is 5. The van der Waals surface area contributed by atoms with Crippen molar-refractivity contribution in [2.45, 2.75) is 127 Å². The number of alkyl carbamates (subject to hydrolysis) is 1. The van der Waals surface area contributed by atoms with Gasteiger partial charge in [-0.25, -0.2) is 14.4 Å². The lowest BCUT2D eigenvalue weighted by atomic mass is 9.50. The van der Waals surface area contributed by atoms with Gasteiger partial charge in [-0.3, -0.25) is 4.79 Å². The Bertz CT molecular complexity index is 1980. The molecule has 0 aromatic heterocycles. The molecule has 1 heterocycles. The van der Waals surface area contributed by atoms with Gasteiger partial charge in [-0.1, -0.05) is 69.3 Å². The van der Waals surface area contributed by atoms with Crippen LogP contribution in [0.5, 0.6) is 0 Å². The summed E-state index contributed by atoms with van der Waals surface area (Å²) in [5.74, 6) is -4.39. The second-order valence-electron chi connectivity index (χ2n) is 18.1. The summed E-state index contributed by atoms with van der Waals surface area (Å²) >= 11 is 0. The number of nitrogens with one attached hydrogen (secondary N) is 1. The van der Waals surface area contributed by atoms with Crippen molar-refractivity contribution in [3.63, 3.8) is 0 Å². The van der Waals surface area contributed by atoms with Crippen molar-refractivity contribution in [3.05, 3.63) is 82.9 Å². The Kier molecular flexibility index (Phi) is 9.76. The van der Waals surface area contributed by atoms with Gasteiger partial charge < -0.3 is 49.4 Å². The van der Waals surface area contributed by atoms with Crippen molar-refractivity contribution >= 4 is 24.0 Å². The molecule has 0 spiro atoms. The number of rotatable bonds is 8. The molecule has 5 aliphatic rings. The number of aliphatic hydroxyl groups excluding tert-OH is 2. The van der Waals surface area contributed by atoms with Crippen LogP contribution in [-0.4, -0.2) is 104 Å². The fraction of sp³-hybridized carbons (Fsp3) is 0.581. The van der Waals surface area contributed by atoms with Crippen LogP contribution in [-0.2, 0) is 33.3 Å². The van der Waals surface area contributed by atoms with Gasteiger partial charge in [0.25, 0.3) is 0 Å². The van der Waals surface area contributed by atoms with E-state index >= 15 is 0 Å². The Balaban J connectivity index is 1.33. The number of amides is 1. The minimum atomic E-state index is -2.18. The molecule has 12 atom stereocenters. The van der Waals surface area contributed by atoms with Crippen molar-refractivity contribution in [2.24, 2.45) is 22.7 Å². The Labute approximate surface area is 331 Å². The number of esters is 3. The van der Waals surface area contributed by atoms with Crippen molar-refractivity contribution < 1.29 is 63.3 Å². The molecule has 2 bridgehead atoms. The van der Waals surface area contributed by atoms with Crippen molar-refractivity contribution in [2.75, 3.05) is 6.61 Å². The van der Waals surface area contributed by atoms with E-state index in [2.05, 4.69) is 5.32 Å². The van der Waals surface area contributed by atoms with Crippen LogP contribution in [0.2, 0.25) is 0 Å². The zero-order valence-electron chi connectivity index (χ0n) is 33.5. The number of hydrogen-bond donors (Lipinski definition) is 5. The lowest BCUT2D eigenvalue weighted by Crippen LogP contribution is -2.76. The Hall–Kier alpha value is -4.34. The molecule has 0 unspecified atom stereocenters. The lowest BCUT2D eigenvalue weighted by molar-refractivity contribution is -0.326. The zero-order valence-corrected chi connectivity index (χ0v) is 33.5. The van der Waals surface area contributed by atoms with Crippen LogP contribution in [0.3, 0.4) is 0 Å². The summed E-state index contributed by atoms with van der Waals surface area (Å²) in [6, 6.07) is 15.1. The Morgan fingerprint density at radius 1 is 0.947 bits per heavy atom. The average Bonchev–Trinajstić information content (AvgIpc) is 3.63. The minimum absolute atomic E-state index is 0.121. The van der Waals surface area contributed by atoms with Crippen LogP contribution in [0.1, 0.15) is 90.2 Å². The molecule has 4 fully saturated rings. The van der Waals surface area contributed by atoms with Crippen LogP contribution in [0.25, 0.3) is 0 Å². The van der Waals surface area contributed by atoms with Gasteiger partial charge >= 0.3 is 24.0 Å². The highest BCUT2D eigenvalue weighted by molar-refractivity contribution is 5.89. The molecule has 14 heteroatoms. The Morgan fingerprint density at radius 2 is 1.56 bits per heavy atom. The van der Waals surface area contributed by atoms with Crippen molar-refractivity contribution in [3.8, 4) is 0 Å². The highest BCUT2D eigenvalue weighted by atomic mass is 16.6. The average molecular weight is 792 g/mol. The maximum Gasteiger partial charge on any atom is 0.408 e. The molecule has 4 aliphatic carbocycles. The predicted octanol–water partition coefficient (Wildman–Crippen LogP) is 3.69. The van der Waals surface area contributed by atoms with Gasteiger partial charge in [-0.05, 0) is 63.0 Å². The second-order valence-corrected chi connectivity index (χ2v) is 18.1. The first-order valence-corrected chi connectivity index (χ1v) is 19.4. The van der Waals surface area contributed by atoms with E-state index in [4.69, 9.17) is 23.7 Å². The van der Waals surface area contributed by atoms with Crippen LogP contribution in [0.15, 0.2) is 71.8 Å². The molecule has 0 radical (unpaired) electrons. The van der Waals surface area contributed by atoms with Crippen molar-refractivity contribution in [1.82, 2.24) is 5.32 Å². The summed E-state index contributed by atoms with van der Waals surface area (Å²) in [7, 11) is 0. The molecule has 5 N–H and O–H groups in total. The molecule has 2 aromatic rings. The smallest absolute Gasteiger partial charge is 0.408 e. The molecule has 2 aromatic carbocycles. The van der Waals surface area contributed by atoms with Crippen LogP contribution >= 0.6 is 0 Å².